The van der Waals surface area contributed by atoms with Gasteiger partial charge in [-0.1, -0.05) is 0 Å². The maximum atomic E-state index is 10.3. The molecule has 0 radical (unpaired) electrons. The zero-order valence-corrected chi connectivity index (χ0v) is 10.5. The molecule has 3 aromatic rings. The topological polar surface area (TPSA) is 81.1 Å². The summed E-state index contributed by atoms with van der Waals surface area (Å²) in [6.07, 6.45) is 8.00. The van der Waals surface area contributed by atoms with Crippen molar-refractivity contribution >= 4 is 5.52 Å². The van der Waals surface area contributed by atoms with E-state index in [1.807, 2.05) is 6.92 Å². The van der Waals surface area contributed by atoms with Crippen molar-refractivity contribution in [2.45, 2.75) is 26.0 Å². The normalized spacial score (nSPS) is 12.9. The molecule has 0 aliphatic heterocycles. The average Bonchev–Trinajstić information content (AvgIpc) is 3.04. The van der Waals surface area contributed by atoms with Crippen LogP contribution in [0.1, 0.15) is 24.4 Å². The van der Waals surface area contributed by atoms with Crippen LogP contribution in [0.25, 0.3) is 5.52 Å². The smallest absolute Gasteiger partial charge is 0.138 e. The molecule has 0 saturated heterocycles. The molecule has 0 aliphatic rings. The lowest BCUT2D eigenvalue weighted by molar-refractivity contribution is 0.175. The van der Waals surface area contributed by atoms with Gasteiger partial charge >= 0.3 is 0 Å². The van der Waals surface area contributed by atoms with Crippen LogP contribution >= 0.6 is 0 Å². The molecule has 7 nitrogen and oxygen atoms in total. The lowest BCUT2D eigenvalue weighted by Gasteiger charge is -2.09. The fraction of sp³-hybridized carbons (Fsp3) is 0.333. The van der Waals surface area contributed by atoms with E-state index in [0.717, 1.165) is 23.4 Å². The fourth-order valence-corrected chi connectivity index (χ4v) is 2.10. The van der Waals surface area contributed by atoms with Gasteiger partial charge in [-0.3, -0.25) is 9.67 Å². The number of nitrogens with zero attached hydrogens (tertiary/aromatic N) is 6. The largest absolute Gasteiger partial charge is 0.388 e. The molecule has 0 aliphatic carbocycles. The van der Waals surface area contributed by atoms with E-state index in [1.54, 1.807) is 34.0 Å². The quantitative estimate of drug-likeness (QED) is 0.741. The molecule has 3 rings (SSSR count). The van der Waals surface area contributed by atoms with Gasteiger partial charge < -0.3 is 5.11 Å². The summed E-state index contributed by atoms with van der Waals surface area (Å²) in [7, 11) is 0. The standard InChI is InChI=1S/C12H14N6O/c1-2-17-12(14-8-16-17)5-11(19)9-6-15-18-4-3-13-7-10(9)18/h3-4,6-8,11,19H,2,5H2,1H3. The lowest BCUT2D eigenvalue weighted by atomic mass is 10.1. The molecule has 0 aromatic carbocycles. The number of rotatable bonds is 4. The van der Waals surface area contributed by atoms with Gasteiger partial charge in [0.05, 0.1) is 24.0 Å². The third-order valence-corrected chi connectivity index (χ3v) is 3.08. The van der Waals surface area contributed by atoms with Crippen molar-refractivity contribution in [3.05, 3.63) is 42.5 Å². The fourth-order valence-electron chi connectivity index (χ4n) is 2.10. The number of aryl methyl sites for hydroxylation is 1. The number of aliphatic hydroxyl groups excluding tert-OH is 1. The molecule has 1 N–H and O–H groups in total. The zero-order chi connectivity index (χ0) is 13.2. The summed E-state index contributed by atoms with van der Waals surface area (Å²) in [5.74, 6) is 0.762. The molecule has 3 aromatic heterocycles. The van der Waals surface area contributed by atoms with Crippen LogP contribution in [0.2, 0.25) is 0 Å². The van der Waals surface area contributed by atoms with Crippen molar-refractivity contribution in [2.75, 3.05) is 0 Å². The number of hydrogen-bond donors (Lipinski definition) is 1. The Kier molecular flexibility index (Phi) is 2.96. The molecule has 19 heavy (non-hydrogen) atoms. The van der Waals surface area contributed by atoms with Gasteiger partial charge in [0.15, 0.2) is 0 Å². The molecule has 1 atom stereocenters. The number of fused-ring (bicyclic) bond motifs is 1. The molecule has 1 unspecified atom stereocenters. The Labute approximate surface area is 109 Å². The Morgan fingerprint density at radius 3 is 3.05 bits per heavy atom. The van der Waals surface area contributed by atoms with Crippen molar-refractivity contribution in [3.63, 3.8) is 0 Å². The Hall–Kier alpha value is -2.28. The van der Waals surface area contributed by atoms with E-state index in [-0.39, 0.29) is 0 Å². The first kappa shape index (κ1) is 11.8. The van der Waals surface area contributed by atoms with Gasteiger partial charge in [0, 0.05) is 30.9 Å². The van der Waals surface area contributed by atoms with Gasteiger partial charge in [0.25, 0.3) is 0 Å². The SMILES string of the molecule is CCn1ncnc1CC(O)c1cnn2ccncc12. The lowest BCUT2D eigenvalue weighted by Crippen LogP contribution is -2.09. The number of hydrogen-bond acceptors (Lipinski definition) is 5. The van der Waals surface area contributed by atoms with Gasteiger partial charge in [-0.15, -0.1) is 0 Å². The number of aliphatic hydroxyl groups is 1. The summed E-state index contributed by atoms with van der Waals surface area (Å²) in [6, 6.07) is 0. The first-order valence-electron chi connectivity index (χ1n) is 6.11. The highest BCUT2D eigenvalue weighted by molar-refractivity contribution is 5.52. The molecule has 0 bridgehead atoms. The van der Waals surface area contributed by atoms with Gasteiger partial charge in [-0.05, 0) is 6.92 Å². The van der Waals surface area contributed by atoms with E-state index in [1.165, 1.54) is 6.33 Å². The highest BCUT2D eigenvalue weighted by Gasteiger charge is 2.17. The van der Waals surface area contributed by atoms with Crippen LogP contribution in [-0.4, -0.2) is 34.5 Å². The van der Waals surface area contributed by atoms with Crippen molar-refractivity contribution < 1.29 is 5.11 Å². The maximum Gasteiger partial charge on any atom is 0.138 e. The van der Waals surface area contributed by atoms with E-state index in [9.17, 15) is 5.11 Å². The summed E-state index contributed by atoms with van der Waals surface area (Å²) >= 11 is 0. The molecule has 98 valence electrons. The molecular formula is C12H14N6O. The van der Waals surface area contributed by atoms with Gasteiger partial charge in [-0.2, -0.15) is 10.2 Å². The first-order valence-corrected chi connectivity index (χ1v) is 6.11. The highest BCUT2D eigenvalue weighted by atomic mass is 16.3. The monoisotopic (exact) mass is 258 g/mol. The molecule has 0 saturated carbocycles. The summed E-state index contributed by atoms with van der Waals surface area (Å²) in [4.78, 5) is 8.22. The zero-order valence-electron chi connectivity index (χ0n) is 10.5. The Morgan fingerprint density at radius 2 is 2.21 bits per heavy atom. The molecular weight excluding hydrogens is 244 g/mol. The minimum atomic E-state index is -0.670. The van der Waals surface area contributed by atoms with Crippen LogP contribution in [0.3, 0.4) is 0 Å². The predicted octanol–water partition coefficient (Wildman–Crippen LogP) is 0.617. The van der Waals surface area contributed by atoms with Crippen LogP contribution in [0.15, 0.2) is 31.1 Å². The van der Waals surface area contributed by atoms with Crippen molar-refractivity contribution in [2.24, 2.45) is 0 Å². The van der Waals surface area contributed by atoms with Crippen LogP contribution in [0.4, 0.5) is 0 Å². The Bertz CT molecular complexity index is 688. The second kappa shape index (κ2) is 4.77. The third kappa shape index (κ3) is 2.08. The van der Waals surface area contributed by atoms with Gasteiger partial charge in [0.1, 0.15) is 12.2 Å². The van der Waals surface area contributed by atoms with Crippen molar-refractivity contribution in [3.8, 4) is 0 Å². The Balaban J connectivity index is 1.90. The Morgan fingerprint density at radius 1 is 1.32 bits per heavy atom. The average molecular weight is 258 g/mol. The van der Waals surface area contributed by atoms with Gasteiger partial charge in [0.2, 0.25) is 0 Å². The highest BCUT2D eigenvalue weighted by Crippen LogP contribution is 2.21. The minimum Gasteiger partial charge on any atom is -0.388 e. The number of aromatic nitrogens is 6. The minimum absolute atomic E-state index is 0.407. The molecule has 0 fully saturated rings. The van der Waals surface area contributed by atoms with Crippen LogP contribution in [0, 0.1) is 0 Å². The third-order valence-electron chi connectivity index (χ3n) is 3.08. The van der Waals surface area contributed by atoms with E-state index in [4.69, 9.17) is 0 Å². The second-order valence-electron chi connectivity index (χ2n) is 4.22. The van der Waals surface area contributed by atoms with E-state index in [2.05, 4.69) is 20.2 Å². The van der Waals surface area contributed by atoms with Gasteiger partial charge in [-0.25, -0.2) is 9.50 Å². The maximum absolute atomic E-state index is 10.3. The summed E-state index contributed by atoms with van der Waals surface area (Å²) in [6.45, 7) is 2.72. The summed E-state index contributed by atoms with van der Waals surface area (Å²) < 4.78 is 3.46. The van der Waals surface area contributed by atoms with Crippen molar-refractivity contribution in [1.29, 1.82) is 0 Å². The second-order valence-corrected chi connectivity index (χ2v) is 4.22. The molecule has 3 heterocycles. The molecule has 7 heteroatoms. The summed E-state index contributed by atoms with van der Waals surface area (Å²) in [5.41, 5.74) is 1.55. The van der Waals surface area contributed by atoms with E-state index < -0.39 is 6.10 Å². The summed E-state index contributed by atoms with van der Waals surface area (Å²) in [5, 5.41) is 18.6. The van der Waals surface area contributed by atoms with E-state index >= 15 is 0 Å². The predicted molar refractivity (Wildman–Crippen MR) is 67.3 cm³/mol. The first-order chi connectivity index (χ1) is 9.29. The van der Waals surface area contributed by atoms with Crippen LogP contribution in [0.5, 0.6) is 0 Å². The van der Waals surface area contributed by atoms with E-state index in [0.29, 0.717) is 6.42 Å². The molecule has 0 spiro atoms. The van der Waals surface area contributed by atoms with Crippen LogP contribution in [-0.2, 0) is 13.0 Å². The van der Waals surface area contributed by atoms with Crippen molar-refractivity contribution in [1.82, 2.24) is 29.4 Å². The van der Waals surface area contributed by atoms with Crippen LogP contribution < -0.4 is 0 Å². The molecule has 0 amide bonds.